The molecule has 0 N–H and O–H groups in total. The van der Waals surface area contributed by atoms with Crippen LogP contribution in [0.15, 0.2) is 24.3 Å². The number of alkyl halides is 3. The largest absolute Gasteiger partial charge is 0.461 e. The molecule has 0 heterocycles. The standard InChI is InChI=1S/C13H15F3O2/c1-3-9(2)12(17)18-8-10-4-6-11(7-5-10)13(14,15)16/h4-7,9H,3,8H2,1-2H3. The fraction of sp³-hybridized carbons (Fsp3) is 0.462. The Balaban J connectivity index is 2.57. The molecule has 2 nitrogen and oxygen atoms in total. The third kappa shape index (κ3) is 4.05. The monoisotopic (exact) mass is 260 g/mol. The Morgan fingerprint density at radius 3 is 2.28 bits per heavy atom. The summed E-state index contributed by atoms with van der Waals surface area (Å²) in [6.07, 6.45) is -3.67. The van der Waals surface area contributed by atoms with Gasteiger partial charge in [0.2, 0.25) is 0 Å². The second-order valence-electron chi connectivity index (χ2n) is 4.11. The normalized spacial score (nSPS) is 13.2. The maximum Gasteiger partial charge on any atom is 0.416 e. The SMILES string of the molecule is CCC(C)C(=O)OCc1ccc(C(F)(F)F)cc1. The van der Waals surface area contributed by atoms with Crippen LogP contribution in [0, 0.1) is 5.92 Å². The van der Waals surface area contributed by atoms with E-state index in [4.69, 9.17) is 4.74 Å². The first-order valence-corrected chi connectivity index (χ1v) is 5.67. The molecule has 0 saturated carbocycles. The molecule has 1 rings (SSSR count). The summed E-state index contributed by atoms with van der Waals surface area (Å²) in [5.74, 6) is -0.531. The summed E-state index contributed by atoms with van der Waals surface area (Å²) in [6, 6.07) is 4.58. The van der Waals surface area contributed by atoms with Crippen molar-refractivity contribution in [2.75, 3.05) is 0 Å². The lowest BCUT2D eigenvalue weighted by Crippen LogP contribution is -2.13. The Labute approximate surface area is 104 Å². The van der Waals surface area contributed by atoms with E-state index in [1.165, 1.54) is 12.1 Å². The van der Waals surface area contributed by atoms with Crippen LogP contribution in [-0.4, -0.2) is 5.97 Å². The minimum absolute atomic E-state index is 0.00130. The lowest BCUT2D eigenvalue weighted by atomic mass is 10.1. The van der Waals surface area contributed by atoms with Crippen LogP contribution in [0.2, 0.25) is 0 Å². The van der Waals surface area contributed by atoms with E-state index < -0.39 is 11.7 Å². The Bertz CT molecular complexity index is 396. The first-order chi connectivity index (χ1) is 8.34. The predicted octanol–water partition coefficient (Wildman–Crippen LogP) is 3.79. The molecule has 1 aromatic carbocycles. The van der Waals surface area contributed by atoms with Gasteiger partial charge in [-0.1, -0.05) is 26.0 Å². The van der Waals surface area contributed by atoms with Gasteiger partial charge in [-0.2, -0.15) is 13.2 Å². The van der Waals surface area contributed by atoms with Gasteiger partial charge in [0.05, 0.1) is 11.5 Å². The van der Waals surface area contributed by atoms with Crippen molar-refractivity contribution in [2.45, 2.75) is 33.1 Å². The third-order valence-corrected chi connectivity index (χ3v) is 2.68. The van der Waals surface area contributed by atoms with Crippen molar-refractivity contribution in [3.05, 3.63) is 35.4 Å². The highest BCUT2D eigenvalue weighted by Crippen LogP contribution is 2.29. The molecule has 0 aliphatic carbocycles. The molecule has 0 saturated heterocycles. The lowest BCUT2D eigenvalue weighted by Gasteiger charge is -2.10. The molecule has 0 fully saturated rings. The smallest absolute Gasteiger partial charge is 0.416 e. The van der Waals surface area contributed by atoms with Gasteiger partial charge >= 0.3 is 12.1 Å². The molecular formula is C13H15F3O2. The second-order valence-corrected chi connectivity index (χ2v) is 4.11. The van der Waals surface area contributed by atoms with Gasteiger partial charge < -0.3 is 4.74 Å². The summed E-state index contributed by atoms with van der Waals surface area (Å²) < 4.78 is 41.9. The molecule has 1 atom stereocenters. The Hall–Kier alpha value is -1.52. The minimum Gasteiger partial charge on any atom is -0.461 e. The highest BCUT2D eigenvalue weighted by molar-refractivity contribution is 5.71. The highest BCUT2D eigenvalue weighted by Gasteiger charge is 2.29. The first kappa shape index (κ1) is 14.5. The number of benzene rings is 1. The van der Waals surface area contributed by atoms with E-state index in [-0.39, 0.29) is 18.5 Å². The minimum atomic E-state index is -4.34. The van der Waals surface area contributed by atoms with E-state index in [1.54, 1.807) is 6.92 Å². The van der Waals surface area contributed by atoms with E-state index in [0.29, 0.717) is 12.0 Å². The van der Waals surface area contributed by atoms with Crippen molar-refractivity contribution >= 4 is 5.97 Å². The fourth-order valence-corrected chi connectivity index (χ4v) is 1.25. The van der Waals surface area contributed by atoms with E-state index in [9.17, 15) is 18.0 Å². The van der Waals surface area contributed by atoms with E-state index in [1.807, 2.05) is 6.92 Å². The zero-order valence-corrected chi connectivity index (χ0v) is 10.3. The van der Waals surface area contributed by atoms with Crippen molar-refractivity contribution in [1.29, 1.82) is 0 Å². The molecular weight excluding hydrogens is 245 g/mol. The molecule has 0 spiro atoms. The number of halogens is 3. The molecule has 5 heteroatoms. The molecule has 0 radical (unpaired) electrons. The Morgan fingerprint density at radius 2 is 1.83 bits per heavy atom. The lowest BCUT2D eigenvalue weighted by molar-refractivity contribution is -0.149. The number of carbonyl (C=O) groups is 1. The summed E-state index contributed by atoms with van der Waals surface area (Å²) in [5.41, 5.74) is -0.167. The van der Waals surface area contributed by atoms with Gasteiger partial charge in [0.25, 0.3) is 0 Å². The Morgan fingerprint density at radius 1 is 1.28 bits per heavy atom. The van der Waals surface area contributed by atoms with E-state index in [2.05, 4.69) is 0 Å². The molecule has 0 aromatic heterocycles. The maximum absolute atomic E-state index is 12.3. The number of ether oxygens (including phenoxy) is 1. The zero-order chi connectivity index (χ0) is 13.8. The van der Waals surface area contributed by atoms with Crippen molar-refractivity contribution < 1.29 is 22.7 Å². The molecule has 0 amide bonds. The molecule has 1 unspecified atom stereocenters. The van der Waals surface area contributed by atoms with Crippen LogP contribution in [0.1, 0.15) is 31.4 Å². The van der Waals surface area contributed by atoms with Crippen LogP contribution in [0.4, 0.5) is 13.2 Å². The molecule has 0 aliphatic rings. The number of hydrogen-bond donors (Lipinski definition) is 0. The van der Waals surface area contributed by atoms with Crippen LogP contribution in [0.25, 0.3) is 0 Å². The topological polar surface area (TPSA) is 26.3 Å². The van der Waals surface area contributed by atoms with E-state index in [0.717, 1.165) is 12.1 Å². The van der Waals surface area contributed by atoms with E-state index >= 15 is 0 Å². The molecule has 0 bridgehead atoms. The van der Waals surface area contributed by atoms with Crippen LogP contribution < -0.4 is 0 Å². The first-order valence-electron chi connectivity index (χ1n) is 5.67. The quantitative estimate of drug-likeness (QED) is 0.770. The Kier molecular flexibility index (Phi) is 4.76. The second kappa shape index (κ2) is 5.89. The van der Waals surface area contributed by atoms with Crippen LogP contribution in [-0.2, 0) is 22.3 Å². The van der Waals surface area contributed by atoms with Gasteiger partial charge in [-0.25, -0.2) is 0 Å². The number of rotatable bonds is 4. The predicted molar refractivity (Wildman–Crippen MR) is 60.7 cm³/mol. The average Bonchev–Trinajstić information content (AvgIpc) is 2.34. The summed E-state index contributed by atoms with van der Waals surface area (Å²) in [7, 11) is 0. The molecule has 18 heavy (non-hydrogen) atoms. The number of carbonyl (C=O) groups excluding carboxylic acids is 1. The van der Waals surface area contributed by atoms with Crippen molar-refractivity contribution in [3.63, 3.8) is 0 Å². The number of esters is 1. The van der Waals surface area contributed by atoms with Gasteiger partial charge in [0.1, 0.15) is 6.61 Å². The zero-order valence-electron chi connectivity index (χ0n) is 10.3. The summed E-state index contributed by atoms with van der Waals surface area (Å²) in [5, 5.41) is 0. The van der Waals surface area contributed by atoms with Gasteiger partial charge in [-0.3, -0.25) is 4.79 Å². The molecule has 100 valence electrons. The highest BCUT2D eigenvalue weighted by atomic mass is 19.4. The molecule has 1 aromatic rings. The summed E-state index contributed by atoms with van der Waals surface area (Å²) in [4.78, 5) is 11.4. The maximum atomic E-state index is 12.3. The summed E-state index contributed by atoms with van der Waals surface area (Å²) in [6.45, 7) is 3.61. The van der Waals surface area contributed by atoms with Gasteiger partial charge in [0, 0.05) is 0 Å². The van der Waals surface area contributed by atoms with Crippen LogP contribution in [0.5, 0.6) is 0 Å². The van der Waals surface area contributed by atoms with Crippen molar-refractivity contribution in [1.82, 2.24) is 0 Å². The van der Waals surface area contributed by atoms with Crippen molar-refractivity contribution in [3.8, 4) is 0 Å². The van der Waals surface area contributed by atoms with Gasteiger partial charge in [-0.15, -0.1) is 0 Å². The third-order valence-electron chi connectivity index (χ3n) is 2.68. The average molecular weight is 260 g/mol. The number of hydrogen-bond acceptors (Lipinski definition) is 2. The van der Waals surface area contributed by atoms with Gasteiger partial charge in [0.15, 0.2) is 0 Å². The van der Waals surface area contributed by atoms with Crippen LogP contribution >= 0.6 is 0 Å². The van der Waals surface area contributed by atoms with Crippen LogP contribution in [0.3, 0.4) is 0 Å². The van der Waals surface area contributed by atoms with Gasteiger partial charge in [-0.05, 0) is 24.1 Å². The summed E-state index contributed by atoms with van der Waals surface area (Å²) >= 11 is 0. The fourth-order valence-electron chi connectivity index (χ4n) is 1.25. The van der Waals surface area contributed by atoms with Crippen molar-refractivity contribution in [2.24, 2.45) is 5.92 Å². The molecule has 0 aliphatic heterocycles.